The van der Waals surface area contributed by atoms with Crippen molar-refractivity contribution in [2.45, 2.75) is 19.4 Å². The van der Waals surface area contributed by atoms with Crippen LogP contribution in [-0.2, 0) is 38.2 Å². The smallest absolute Gasteiger partial charge is 0.374 e. The van der Waals surface area contributed by atoms with Crippen LogP contribution >= 0.6 is 0 Å². The van der Waals surface area contributed by atoms with Crippen molar-refractivity contribution in [2.24, 2.45) is 0 Å². The number of ether oxygens (including phenoxy) is 3. The summed E-state index contributed by atoms with van der Waals surface area (Å²) in [5.74, 6) is -4.50. The van der Waals surface area contributed by atoms with Gasteiger partial charge in [-0.15, -0.1) is 0 Å². The van der Waals surface area contributed by atoms with Crippen molar-refractivity contribution in [3.8, 4) is 0 Å². The zero-order chi connectivity index (χ0) is 14.8. The van der Waals surface area contributed by atoms with Gasteiger partial charge in [0, 0.05) is 6.92 Å². The molecule has 0 bridgehead atoms. The Bertz CT molecular complexity index is 373. The highest BCUT2D eigenvalue weighted by Crippen LogP contribution is 1.98. The second-order valence-corrected chi connectivity index (χ2v) is 3.27. The van der Waals surface area contributed by atoms with Gasteiger partial charge in [-0.05, 0) is 0 Å². The maximum Gasteiger partial charge on any atom is 0.374 e. The number of Topliss-reactive ketones (excluding diaryl/α,β-unsaturated/α-hetero) is 1. The fourth-order valence-corrected chi connectivity index (χ4v) is 0.858. The molecule has 0 aliphatic rings. The number of carbonyl (C=O) groups is 5. The van der Waals surface area contributed by atoms with Gasteiger partial charge in [0.1, 0.15) is 19.6 Å². The summed E-state index contributed by atoms with van der Waals surface area (Å²) in [4.78, 5) is 52.8. The van der Waals surface area contributed by atoms with E-state index in [0.717, 1.165) is 6.92 Å². The molecule has 0 fully saturated rings. The lowest BCUT2D eigenvalue weighted by atomic mass is 10.3. The summed E-state index contributed by atoms with van der Waals surface area (Å²) in [6, 6.07) is 0. The number of carbonyl (C=O) groups excluding carboxylic acids is 4. The Kier molecular flexibility index (Phi) is 7.50. The van der Waals surface area contributed by atoms with Gasteiger partial charge in [0.25, 0.3) is 6.47 Å². The van der Waals surface area contributed by atoms with E-state index in [4.69, 9.17) is 5.11 Å². The highest BCUT2D eigenvalue weighted by molar-refractivity contribution is 6.32. The van der Waals surface area contributed by atoms with E-state index in [-0.39, 0.29) is 6.47 Å². The van der Waals surface area contributed by atoms with Crippen molar-refractivity contribution in [1.82, 2.24) is 0 Å². The lowest BCUT2D eigenvalue weighted by molar-refractivity contribution is -0.167. The number of carboxylic acids is 1. The van der Waals surface area contributed by atoms with Gasteiger partial charge < -0.3 is 19.3 Å². The van der Waals surface area contributed by atoms with E-state index in [1.807, 2.05) is 0 Å². The summed E-state index contributed by atoms with van der Waals surface area (Å²) in [7, 11) is 0. The Morgan fingerprint density at radius 1 is 1.21 bits per heavy atom. The molecule has 19 heavy (non-hydrogen) atoms. The summed E-state index contributed by atoms with van der Waals surface area (Å²) < 4.78 is 13.4. The SMILES string of the molecule is CC(=O)C(=O)OC(COC=O)COC(=O)CC(=O)O. The topological polar surface area (TPSA) is 133 Å². The molecule has 0 saturated heterocycles. The number of ketones is 1. The Morgan fingerprint density at radius 2 is 1.84 bits per heavy atom. The lowest BCUT2D eigenvalue weighted by Crippen LogP contribution is -2.32. The Balaban J connectivity index is 4.30. The van der Waals surface area contributed by atoms with Crippen molar-refractivity contribution in [3.63, 3.8) is 0 Å². The molecule has 9 nitrogen and oxygen atoms in total. The highest BCUT2D eigenvalue weighted by Gasteiger charge is 2.20. The van der Waals surface area contributed by atoms with E-state index >= 15 is 0 Å². The first-order valence-electron chi connectivity index (χ1n) is 5.01. The first-order chi connectivity index (χ1) is 8.86. The second kappa shape index (κ2) is 8.61. The monoisotopic (exact) mass is 276 g/mol. The zero-order valence-electron chi connectivity index (χ0n) is 9.99. The Labute approximate surface area is 107 Å². The van der Waals surface area contributed by atoms with E-state index in [2.05, 4.69) is 14.2 Å². The fraction of sp³-hybridized carbons (Fsp3) is 0.500. The van der Waals surface area contributed by atoms with E-state index in [0.29, 0.717) is 0 Å². The Morgan fingerprint density at radius 3 is 2.32 bits per heavy atom. The molecule has 0 aromatic carbocycles. The third-order valence-corrected chi connectivity index (χ3v) is 1.64. The van der Waals surface area contributed by atoms with Gasteiger partial charge in [-0.25, -0.2) is 4.79 Å². The maximum atomic E-state index is 11.0. The molecule has 0 aliphatic heterocycles. The van der Waals surface area contributed by atoms with Crippen LogP contribution in [0, 0.1) is 0 Å². The summed E-state index contributed by atoms with van der Waals surface area (Å²) in [6.07, 6.45) is -2.04. The van der Waals surface area contributed by atoms with Gasteiger partial charge in [-0.3, -0.25) is 19.2 Å². The van der Waals surface area contributed by atoms with Crippen molar-refractivity contribution < 1.29 is 43.3 Å². The third kappa shape index (κ3) is 8.30. The molecule has 0 heterocycles. The lowest BCUT2D eigenvalue weighted by Gasteiger charge is -2.15. The molecule has 106 valence electrons. The zero-order valence-corrected chi connectivity index (χ0v) is 9.99. The molecule has 0 radical (unpaired) electrons. The summed E-state index contributed by atoms with van der Waals surface area (Å²) in [6.45, 7) is 0.0892. The molecule has 1 N–H and O–H groups in total. The molecule has 9 heteroatoms. The van der Waals surface area contributed by atoms with Gasteiger partial charge >= 0.3 is 17.9 Å². The van der Waals surface area contributed by atoms with Gasteiger partial charge in [-0.1, -0.05) is 0 Å². The predicted molar refractivity (Wildman–Crippen MR) is 55.8 cm³/mol. The molecule has 0 spiro atoms. The first kappa shape index (κ1) is 16.6. The number of aliphatic carboxylic acids is 1. The minimum Gasteiger partial charge on any atom is -0.481 e. The van der Waals surface area contributed by atoms with Crippen LogP contribution in [0.4, 0.5) is 0 Å². The highest BCUT2D eigenvalue weighted by atomic mass is 16.6. The van der Waals surface area contributed by atoms with E-state index in [1.165, 1.54) is 0 Å². The van der Waals surface area contributed by atoms with Crippen LogP contribution in [0.15, 0.2) is 0 Å². The quantitative estimate of drug-likeness (QED) is 0.179. The molecular formula is C10H12O9. The largest absolute Gasteiger partial charge is 0.481 e. The van der Waals surface area contributed by atoms with E-state index in [1.54, 1.807) is 0 Å². The van der Waals surface area contributed by atoms with Gasteiger partial charge in [0.2, 0.25) is 5.78 Å². The van der Waals surface area contributed by atoms with Crippen LogP contribution < -0.4 is 0 Å². The van der Waals surface area contributed by atoms with Gasteiger partial charge in [0.15, 0.2) is 6.10 Å². The molecule has 0 amide bonds. The minimum atomic E-state index is -1.38. The normalized spacial score (nSPS) is 11.0. The van der Waals surface area contributed by atoms with Crippen LogP contribution in [0.5, 0.6) is 0 Å². The van der Waals surface area contributed by atoms with Crippen LogP contribution in [0.25, 0.3) is 0 Å². The molecule has 0 aromatic rings. The molecule has 0 aliphatic carbocycles. The molecule has 0 aromatic heterocycles. The van der Waals surface area contributed by atoms with Crippen LogP contribution in [0.3, 0.4) is 0 Å². The number of hydrogen-bond donors (Lipinski definition) is 1. The van der Waals surface area contributed by atoms with Crippen LogP contribution in [0.2, 0.25) is 0 Å². The number of rotatable bonds is 9. The van der Waals surface area contributed by atoms with Crippen molar-refractivity contribution in [3.05, 3.63) is 0 Å². The first-order valence-corrected chi connectivity index (χ1v) is 5.01. The van der Waals surface area contributed by atoms with E-state index in [9.17, 15) is 24.0 Å². The van der Waals surface area contributed by atoms with E-state index < -0.39 is 49.4 Å². The molecule has 1 unspecified atom stereocenters. The van der Waals surface area contributed by atoms with Gasteiger partial charge in [-0.2, -0.15) is 0 Å². The van der Waals surface area contributed by atoms with Crippen molar-refractivity contribution in [2.75, 3.05) is 13.2 Å². The number of esters is 2. The minimum absolute atomic E-state index is 0.0771. The summed E-state index contributed by atoms with van der Waals surface area (Å²) in [5.41, 5.74) is 0. The van der Waals surface area contributed by atoms with Crippen LogP contribution in [-0.4, -0.2) is 54.6 Å². The third-order valence-electron chi connectivity index (χ3n) is 1.64. The maximum absolute atomic E-state index is 11.0. The molecule has 0 rings (SSSR count). The number of carboxylic acid groups (broad SMARTS) is 1. The van der Waals surface area contributed by atoms with Crippen molar-refractivity contribution >= 4 is 30.2 Å². The fourth-order valence-electron chi connectivity index (χ4n) is 0.858. The van der Waals surface area contributed by atoms with Crippen LogP contribution in [0.1, 0.15) is 13.3 Å². The summed E-state index contributed by atoms with van der Waals surface area (Å²) in [5, 5.41) is 8.31. The average molecular weight is 276 g/mol. The Hall–Kier alpha value is -2.45. The van der Waals surface area contributed by atoms with Crippen molar-refractivity contribution in [1.29, 1.82) is 0 Å². The predicted octanol–water partition coefficient (Wildman–Crippen LogP) is -1.32. The number of hydrogen-bond acceptors (Lipinski definition) is 8. The molecule has 0 saturated carbocycles. The average Bonchev–Trinajstić information content (AvgIpc) is 2.31. The molecule has 1 atom stereocenters. The van der Waals surface area contributed by atoms with Gasteiger partial charge in [0.05, 0.1) is 0 Å². The molecular weight excluding hydrogens is 264 g/mol. The standard InChI is InChI=1S/C10H12O9/c1-6(12)10(16)19-7(3-17-5-11)4-18-9(15)2-8(13)14/h5,7H,2-4H2,1H3,(H,13,14). The summed E-state index contributed by atoms with van der Waals surface area (Å²) >= 11 is 0. The second-order valence-electron chi connectivity index (χ2n) is 3.27.